The largest absolute Gasteiger partial charge is 0.477 e. The molecule has 0 aliphatic rings. The van der Waals surface area contributed by atoms with Crippen molar-refractivity contribution in [3.05, 3.63) is 88.2 Å². The van der Waals surface area contributed by atoms with Crippen molar-refractivity contribution in [3.8, 4) is 11.1 Å². The molecular weight excluding hydrogens is 334 g/mol. The summed E-state index contributed by atoms with van der Waals surface area (Å²) in [6.45, 7) is 0. The fraction of sp³-hybridized carbons (Fsp3) is 0. The van der Waals surface area contributed by atoms with Crippen molar-refractivity contribution < 1.29 is 14.7 Å². The molecule has 0 spiro atoms. The molecule has 0 atom stereocenters. The van der Waals surface area contributed by atoms with Gasteiger partial charge in [0.05, 0.1) is 0 Å². The summed E-state index contributed by atoms with van der Waals surface area (Å²) in [4.78, 5) is 24.4. The molecule has 0 aliphatic heterocycles. The highest BCUT2D eigenvalue weighted by molar-refractivity contribution is 7.11. The minimum atomic E-state index is -1.18. The van der Waals surface area contributed by atoms with Gasteiger partial charge in [0.2, 0.25) is 0 Å². The van der Waals surface area contributed by atoms with Gasteiger partial charge in [-0.2, -0.15) is 0 Å². The number of carbonyl (C=O) groups excluding carboxylic acids is 1. The van der Waals surface area contributed by atoms with Gasteiger partial charge in [0, 0.05) is 10.4 Å². The van der Waals surface area contributed by atoms with Crippen LogP contribution in [0, 0.1) is 0 Å². The molecule has 0 radical (unpaired) electrons. The maximum absolute atomic E-state index is 12.2. The summed E-state index contributed by atoms with van der Waals surface area (Å²) < 4.78 is 0. The van der Waals surface area contributed by atoms with E-state index in [4.69, 9.17) is 0 Å². The number of hydrogen-bond acceptors (Lipinski definition) is 3. The van der Waals surface area contributed by atoms with Crippen LogP contribution in [0.5, 0.6) is 0 Å². The van der Waals surface area contributed by atoms with Crippen LogP contribution in [0.25, 0.3) is 17.2 Å². The quantitative estimate of drug-likeness (QED) is 0.676. The van der Waals surface area contributed by atoms with Crippen molar-refractivity contribution >= 4 is 29.3 Å². The molecule has 2 N–H and O–H groups in total. The van der Waals surface area contributed by atoms with E-state index in [0.717, 1.165) is 16.0 Å². The zero-order valence-corrected chi connectivity index (χ0v) is 14.0. The van der Waals surface area contributed by atoms with E-state index in [2.05, 4.69) is 5.32 Å². The highest BCUT2D eigenvalue weighted by Gasteiger charge is 2.13. The van der Waals surface area contributed by atoms with Gasteiger partial charge >= 0.3 is 5.97 Å². The van der Waals surface area contributed by atoms with Crippen molar-refractivity contribution in [2.45, 2.75) is 0 Å². The Morgan fingerprint density at radius 3 is 2.20 bits per heavy atom. The van der Waals surface area contributed by atoms with Gasteiger partial charge in [0.25, 0.3) is 5.91 Å². The first kappa shape index (κ1) is 16.7. The third-order valence-electron chi connectivity index (χ3n) is 3.53. The fourth-order valence-electron chi connectivity index (χ4n) is 2.29. The third kappa shape index (κ3) is 4.22. The lowest BCUT2D eigenvalue weighted by Crippen LogP contribution is -2.27. The minimum Gasteiger partial charge on any atom is -0.477 e. The van der Waals surface area contributed by atoms with E-state index in [-0.39, 0.29) is 5.70 Å². The standard InChI is InChI=1S/C20H15NO3S/c22-19(15-9-5-2-6-10-15)21-18(20(23)24)12-17-11-16(13-25-17)14-7-3-1-4-8-14/h1-13H,(H,21,22)(H,23,24). The van der Waals surface area contributed by atoms with E-state index in [1.165, 1.54) is 17.4 Å². The molecule has 3 rings (SSSR count). The number of amides is 1. The minimum absolute atomic E-state index is 0.157. The van der Waals surface area contributed by atoms with Gasteiger partial charge < -0.3 is 10.4 Å². The Labute approximate surface area is 149 Å². The van der Waals surface area contributed by atoms with Crippen molar-refractivity contribution in [1.82, 2.24) is 5.32 Å². The number of rotatable bonds is 5. The molecule has 3 aromatic rings. The Morgan fingerprint density at radius 2 is 1.56 bits per heavy atom. The van der Waals surface area contributed by atoms with E-state index in [1.54, 1.807) is 30.3 Å². The fourth-order valence-corrected chi connectivity index (χ4v) is 3.14. The van der Waals surface area contributed by atoms with E-state index in [1.807, 2.05) is 41.8 Å². The first-order valence-corrected chi connectivity index (χ1v) is 8.47. The molecule has 0 fully saturated rings. The number of aliphatic carboxylic acids is 1. The van der Waals surface area contributed by atoms with Crippen LogP contribution in [0.4, 0.5) is 0 Å². The molecule has 2 aromatic carbocycles. The second-order valence-electron chi connectivity index (χ2n) is 5.29. The summed E-state index contributed by atoms with van der Waals surface area (Å²) in [6.07, 6.45) is 1.47. The van der Waals surface area contributed by atoms with Crippen LogP contribution in [0.15, 0.2) is 77.8 Å². The molecule has 25 heavy (non-hydrogen) atoms. The van der Waals surface area contributed by atoms with Crippen LogP contribution < -0.4 is 5.32 Å². The Kier molecular flexibility index (Phi) is 5.06. The van der Waals surface area contributed by atoms with Crippen LogP contribution >= 0.6 is 11.3 Å². The highest BCUT2D eigenvalue weighted by Crippen LogP contribution is 2.26. The SMILES string of the molecule is O=C(O)C(=Cc1cc(-c2ccccc2)cs1)NC(=O)c1ccccc1. The van der Waals surface area contributed by atoms with Crippen LogP contribution in [-0.4, -0.2) is 17.0 Å². The van der Waals surface area contributed by atoms with Gasteiger partial charge in [0.15, 0.2) is 0 Å². The van der Waals surface area contributed by atoms with Crippen molar-refractivity contribution in [2.24, 2.45) is 0 Å². The lowest BCUT2D eigenvalue weighted by Gasteiger charge is -2.05. The van der Waals surface area contributed by atoms with E-state index < -0.39 is 11.9 Å². The van der Waals surface area contributed by atoms with Crippen LogP contribution in [0.2, 0.25) is 0 Å². The predicted molar refractivity (Wildman–Crippen MR) is 99.3 cm³/mol. The molecule has 0 bridgehead atoms. The van der Waals surface area contributed by atoms with E-state index in [0.29, 0.717) is 5.56 Å². The number of carboxylic acid groups (broad SMARTS) is 1. The highest BCUT2D eigenvalue weighted by atomic mass is 32.1. The molecule has 0 unspecified atom stereocenters. The van der Waals surface area contributed by atoms with Crippen LogP contribution in [0.3, 0.4) is 0 Å². The van der Waals surface area contributed by atoms with Gasteiger partial charge in [-0.1, -0.05) is 48.5 Å². The number of benzene rings is 2. The number of hydrogen-bond donors (Lipinski definition) is 2. The summed E-state index contributed by atoms with van der Waals surface area (Å²) >= 11 is 1.42. The molecule has 1 amide bonds. The zero-order valence-electron chi connectivity index (χ0n) is 13.2. The van der Waals surface area contributed by atoms with Gasteiger partial charge in [-0.25, -0.2) is 4.79 Å². The first-order chi connectivity index (χ1) is 12.1. The van der Waals surface area contributed by atoms with Crippen LogP contribution in [0.1, 0.15) is 15.2 Å². The summed E-state index contributed by atoms with van der Waals surface area (Å²) in [6, 6.07) is 20.2. The molecule has 1 heterocycles. The van der Waals surface area contributed by atoms with Crippen LogP contribution in [-0.2, 0) is 4.79 Å². The second-order valence-corrected chi connectivity index (χ2v) is 6.23. The average molecular weight is 349 g/mol. The van der Waals surface area contributed by atoms with Crippen molar-refractivity contribution in [3.63, 3.8) is 0 Å². The number of nitrogens with one attached hydrogen (secondary N) is 1. The topological polar surface area (TPSA) is 66.4 Å². The lowest BCUT2D eigenvalue weighted by atomic mass is 10.1. The molecule has 5 heteroatoms. The Morgan fingerprint density at radius 1 is 0.920 bits per heavy atom. The monoisotopic (exact) mass is 349 g/mol. The normalized spacial score (nSPS) is 11.1. The molecule has 4 nitrogen and oxygen atoms in total. The summed E-state index contributed by atoms with van der Waals surface area (Å²) in [7, 11) is 0. The Bertz CT molecular complexity index is 914. The van der Waals surface area contributed by atoms with E-state index >= 15 is 0 Å². The molecule has 0 aliphatic carbocycles. The van der Waals surface area contributed by atoms with Gasteiger partial charge in [-0.3, -0.25) is 4.79 Å². The molecule has 124 valence electrons. The van der Waals surface area contributed by atoms with Gasteiger partial charge in [-0.15, -0.1) is 11.3 Å². The third-order valence-corrected chi connectivity index (χ3v) is 4.41. The number of thiophene rings is 1. The zero-order chi connectivity index (χ0) is 17.6. The average Bonchev–Trinajstić information content (AvgIpc) is 3.11. The smallest absolute Gasteiger partial charge is 0.352 e. The van der Waals surface area contributed by atoms with E-state index in [9.17, 15) is 14.7 Å². The maximum Gasteiger partial charge on any atom is 0.352 e. The number of carbonyl (C=O) groups is 2. The summed E-state index contributed by atoms with van der Waals surface area (Å²) in [5, 5.41) is 13.8. The van der Waals surface area contributed by atoms with Gasteiger partial charge in [-0.05, 0) is 40.8 Å². The lowest BCUT2D eigenvalue weighted by molar-refractivity contribution is -0.132. The molecule has 1 aromatic heterocycles. The Hall–Kier alpha value is -3.18. The predicted octanol–water partition coefficient (Wildman–Crippen LogP) is 4.27. The maximum atomic E-state index is 12.2. The van der Waals surface area contributed by atoms with Gasteiger partial charge in [0.1, 0.15) is 5.70 Å². The summed E-state index contributed by atoms with van der Waals surface area (Å²) in [5.41, 5.74) is 2.32. The summed E-state index contributed by atoms with van der Waals surface area (Å²) in [5.74, 6) is -1.63. The molecule has 0 saturated carbocycles. The second kappa shape index (κ2) is 7.59. The van der Waals surface area contributed by atoms with Crippen molar-refractivity contribution in [1.29, 1.82) is 0 Å². The van der Waals surface area contributed by atoms with Crippen molar-refractivity contribution in [2.75, 3.05) is 0 Å². The molecule has 0 saturated heterocycles. The Balaban J connectivity index is 1.82. The number of carboxylic acids is 1. The first-order valence-electron chi connectivity index (χ1n) is 7.59. The molecular formula is C20H15NO3S.